The van der Waals surface area contributed by atoms with Crippen molar-refractivity contribution in [1.29, 1.82) is 0 Å². The smallest absolute Gasteiger partial charge is 0.117 e. The molecule has 0 radical (unpaired) electrons. The van der Waals surface area contributed by atoms with Crippen LogP contribution in [0.4, 0.5) is 5.69 Å². The van der Waals surface area contributed by atoms with Gasteiger partial charge < -0.3 is 10.0 Å². The van der Waals surface area contributed by atoms with Crippen LogP contribution in [0.25, 0.3) is 0 Å². The Bertz CT molecular complexity index is 384. The zero-order valence-electron chi connectivity index (χ0n) is 9.39. The molecule has 0 saturated carbocycles. The second kappa shape index (κ2) is 4.12. The van der Waals surface area contributed by atoms with Crippen molar-refractivity contribution < 1.29 is 5.11 Å². The van der Waals surface area contributed by atoms with Crippen LogP contribution in [-0.4, -0.2) is 23.7 Å². The van der Waals surface area contributed by atoms with Crippen molar-refractivity contribution in [2.45, 2.75) is 25.3 Å². The van der Waals surface area contributed by atoms with Gasteiger partial charge in [-0.3, -0.25) is 0 Å². The van der Waals surface area contributed by atoms with Crippen molar-refractivity contribution in [1.82, 2.24) is 0 Å². The molecule has 4 heteroatoms. The highest BCUT2D eigenvalue weighted by atomic mass is 16.3. The average Bonchev–Trinajstić information content (AvgIpc) is 2.30. The van der Waals surface area contributed by atoms with Crippen molar-refractivity contribution in [3.8, 4) is 5.75 Å². The molecule has 1 fully saturated rings. The normalized spacial score (nSPS) is 19.4. The summed E-state index contributed by atoms with van der Waals surface area (Å²) in [4.78, 5) is 12.8. The molecule has 0 spiro atoms. The van der Waals surface area contributed by atoms with Crippen LogP contribution in [0.5, 0.6) is 5.75 Å². The molecule has 4 nitrogen and oxygen atoms in total. The van der Waals surface area contributed by atoms with Crippen LogP contribution in [0.1, 0.15) is 19.8 Å². The average molecular weight is 220 g/mol. The molecule has 2 rings (SSSR count). The van der Waals surface area contributed by atoms with Crippen molar-refractivity contribution >= 4 is 5.69 Å². The zero-order chi connectivity index (χ0) is 11.6. The van der Waals surface area contributed by atoms with E-state index in [9.17, 15) is 10.0 Å². The van der Waals surface area contributed by atoms with E-state index in [0.717, 1.165) is 31.6 Å². The Morgan fingerprint density at radius 3 is 2.62 bits per heavy atom. The van der Waals surface area contributed by atoms with E-state index in [1.165, 1.54) is 0 Å². The molecule has 1 aliphatic heterocycles. The quantitative estimate of drug-likeness (QED) is 0.779. The molecule has 1 aliphatic rings. The van der Waals surface area contributed by atoms with Crippen LogP contribution >= 0.6 is 0 Å². The molecule has 1 aromatic carbocycles. The first kappa shape index (κ1) is 10.9. The molecule has 1 aromatic rings. The molecule has 0 bridgehead atoms. The maximum absolute atomic E-state index is 10.7. The van der Waals surface area contributed by atoms with E-state index in [0.29, 0.717) is 0 Å². The number of phenols is 1. The van der Waals surface area contributed by atoms with Crippen LogP contribution in [-0.2, 0) is 0 Å². The lowest BCUT2D eigenvalue weighted by Crippen LogP contribution is -2.41. The second-order valence-corrected chi connectivity index (χ2v) is 4.60. The van der Waals surface area contributed by atoms with Gasteiger partial charge in [0.25, 0.3) is 0 Å². The van der Waals surface area contributed by atoms with Crippen LogP contribution in [0.3, 0.4) is 0 Å². The summed E-state index contributed by atoms with van der Waals surface area (Å²) in [6, 6.07) is 7.20. The van der Waals surface area contributed by atoms with E-state index in [4.69, 9.17) is 0 Å². The molecule has 1 heterocycles. The first-order valence-corrected chi connectivity index (χ1v) is 5.51. The number of hydrogen-bond acceptors (Lipinski definition) is 4. The largest absolute Gasteiger partial charge is 0.508 e. The molecule has 0 unspecified atom stereocenters. The molecule has 0 atom stereocenters. The summed E-state index contributed by atoms with van der Waals surface area (Å²) in [5.74, 6) is 0.277. The summed E-state index contributed by atoms with van der Waals surface area (Å²) >= 11 is 0. The molecule has 1 N–H and O–H groups in total. The standard InChI is InChI=1S/C12H16N2O2/c1-12(13-16)5-7-14(8-6-12)10-3-2-4-11(15)9-10/h2-4,9,15H,5-8H2,1H3. The van der Waals surface area contributed by atoms with Gasteiger partial charge in [-0.1, -0.05) is 11.2 Å². The fraction of sp³-hybridized carbons (Fsp3) is 0.500. The number of nitrogens with zero attached hydrogens (tertiary/aromatic N) is 2. The zero-order valence-corrected chi connectivity index (χ0v) is 9.39. The van der Waals surface area contributed by atoms with Gasteiger partial charge in [0.2, 0.25) is 0 Å². The van der Waals surface area contributed by atoms with Crippen LogP contribution < -0.4 is 4.90 Å². The van der Waals surface area contributed by atoms with Crippen LogP contribution in [0, 0.1) is 4.91 Å². The monoisotopic (exact) mass is 220 g/mol. The molecule has 86 valence electrons. The third-order valence-electron chi connectivity index (χ3n) is 3.26. The van der Waals surface area contributed by atoms with E-state index < -0.39 is 5.54 Å². The minimum Gasteiger partial charge on any atom is -0.508 e. The lowest BCUT2D eigenvalue weighted by atomic mass is 9.90. The lowest BCUT2D eigenvalue weighted by molar-refractivity contribution is 0.364. The number of aromatic hydroxyl groups is 1. The number of rotatable bonds is 2. The van der Waals surface area contributed by atoms with Crippen molar-refractivity contribution in [3.63, 3.8) is 0 Å². The predicted molar refractivity (Wildman–Crippen MR) is 63.8 cm³/mol. The Morgan fingerprint density at radius 2 is 2.06 bits per heavy atom. The SMILES string of the molecule is CC1(N=O)CCN(c2cccc(O)c2)CC1. The second-order valence-electron chi connectivity index (χ2n) is 4.60. The highest BCUT2D eigenvalue weighted by molar-refractivity contribution is 5.50. The van der Waals surface area contributed by atoms with Gasteiger partial charge in [0.1, 0.15) is 11.3 Å². The van der Waals surface area contributed by atoms with E-state index in [-0.39, 0.29) is 5.75 Å². The fourth-order valence-electron chi connectivity index (χ4n) is 2.03. The number of anilines is 1. The number of piperidine rings is 1. The van der Waals surface area contributed by atoms with Crippen molar-refractivity contribution in [2.24, 2.45) is 5.18 Å². The minimum absolute atomic E-state index is 0.277. The molecule has 0 amide bonds. The van der Waals surface area contributed by atoms with Gasteiger partial charge in [0.15, 0.2) is 0 Å². The van der Waals surface area contributed by atoms with Crippen LogP contribution in [0.15, 0.2) is 29.4 Å². The number of phenolic OH excluding ortho intramolecular Hbond substituents is 1. The predicted octanol–water partition coefficient (Wildman–Crippen LogP) is 2.52. The number of benzene rings is 1. The van der Waals surface area contributed by atoms with Gasteiger partial charge in [0.05, 0.1) is 0 Å². The minimum atomic E-state index is -0.409. The fourth-order valence-corrected chi connectivity index (χ4v) is 2.03. The third kappa shape index (κ3) is 2.15. The maximum Gasteiger partial charge on any atom is 0.117 e. The summed E-state index contributed by atoms with van der Waals surface area (Å²) in [7, 11) is 0. The van der Waals surface area contributed by atoms with E-state index in [1.54, 1.807) is 12.1 Å². The van der Waals surface area contributed by atoms with Gasteiger partial charge in [0, 0.05) is 24.8 Å². The summed E-state index contributed by atoms with van der Waals surface area (Å²) < 4.78 is 0. The van der Waals surface area contributed by atoms with Crippen molar-refractivity contribution in [3.05, 3.63) is 29.2 Å². The Hall–Kier alpha value is -1.58. The number of hydrogen-bond donors (Lipinski definition) is 1. The van der Waals surface area contributed by atoms with Gasteiger partial charge >= 0.3 is 0 Å². The van der Waals surface area contributed by atoms with E-state index in [1.807, 2.05) is 19.1 Å². The van der Waals surface area contributed by atoms with Gasteiger partial charge in [-0.15, -0.1) is 0 Å². The molecular formula is C12H16N2O2. The highest BCUT2D eigenvalue weighted by Crippen LogP contribution is 2.29. The molecule has 1 saturated heterocycles. The highest BCUT2D eigenvalue weighted by Gasteiger charge is 2.31. The summed E-state index contributed by atoms with van der Waals surface area (Å²) in [6.45, 7) is 3.52. The molecule has 16 heavy (non-hydrogen) atoms. The lowest BCUT2D eigenvalue weighted by Gasteiger charge is -2.36. The summed E-state index contributed by atoms with van der Waals surface area (Å²) in [5, 5.41) is 12.6. The topological polar surface area (TPSA) is 52.9 Å². The van der Waals surface area contributed by atoms with Crippen LogP contribution in [0.2, 0.25) is 0 Å². The number of nitroso groups, excluding NO2 is 1. The first-order valence-electron chi connectivity index (χ1n) is 5.51. The van der Waals surface area contributed by atoms with E-state index in [2.05, 4.69) is 10.1 Å². The Balaban J connectivity index is 2.07. The Kier molecular flexibility index (Phi) is 2.81. The van der Waals surface area contributed by atoms with Crippen molar-refractivity contribution in [2.75, 3.05) is 18.0 Å². The molecule has 0 aliphatic carbocycles. The molecular weight excluding hydrogens is 204 g/mol. The summed E-state index contributed by atoms with van der Waals surface area (Å²) in [6.07, 6.45) is 1.54. The Morgan fingerprint density at radius 1 is 1.38 bits per heavy atom. The van der Waals surface area contributed by atoms with E-state index >= 15 is 0 Å². The third-order valence-corrected chi connectivity index (χ3v) is 3.26. The first-order chi connectivity index (χ1) is 7.63. The maximum atomic E-state index is 10.7. The molecule has 0 aromatic heterocycles. The summed E-state index contributed by atoms with van der Waals surface area (Å²) in [5.41, 5.74) is 0.598. The van der Waals surface area contributed by atoms with Gasteiger partial charge in [-0.05, 0) is 31.9 Å². The van der Waals surface area contributed by atoms with Gasteiger partial charge in [-0.25, -0.2) is 0 Å². The Labute approximate surface area is 94.9 Å². The van der Waals surface area contributed by atoms with Gasteiger partial charge in [-0.2, -0.15) is 4.91 Å².